The third-order valence-corrected chi connectivity index (χ3v) is 7.20. The molecule has 4 aromatic carbocycles. The van der Waals surface area contributed by atoms with E-state index in [-0.39, 0.29) is 11.6 Å². The molecule has 0 amide bonds. The second kappa shape index (κ2) is 7.29. The van der Waals surface area contributed by atoms with Gasteiger partial charge in [0.25, 0.3) is 0 Å². The molecular formula is C30H22F2N2. The standard InChI is InChI=1S/C30H22F2N2/c31-19-7-5-9-21(17-19)33-25-13-3-1-11-23(25)29-27(33)15-16-28-30(29)24-12-2-4-14-26(24)34(28)22-10-6-8-20(32)18-22/h1,3,5-11,13,15-18H,2,4,12,14H2. The molecule has 0 saturated carbocycles. The number of benzene rings is 4. The molecule has 6 aromatic rings. The third kappa shape index (κ3) is 2.72. The Labute approximate surface area is 195 Å². The normalized spacial score (nSPS) is 13.7. The van der Waals surface area contributed by atoms with Crippen molar-refractivity contribution in [2.75, 3.05) is 0 Å². The highest BCUT2D eigenvalue weighted by Gasteiger charge is 2.25. The number of halogens is 2. The van der Waals surface area contributed by atoms with Gasteiger partial charge in [0, 0.05) is 33.2 Å². The van der Waals surface area contributed by atoms with Gasteiger partial charge in [-0.1, -0.05) is 30.3 Å². The van der Waals surface area contributed by atoms with Crippen molar-refractivity contribution in [3.63, 3.8) is 0 Å². The van der Waals surface area contributed by atoms with Gasteiger partial charge in [-0.05, 0) is 85.8 Å². The number of para-hydroxylation sites is 1. The van der Waals surface area contributed by atoms with Crippen LogP contribution in [0.4, 0.5) is 8.78 Å². The fraction of sp³-hybridized carbons (Fsp3) is 0.133. The summed E-state index contributed by atoms with van der Waals surface area (Å²) in [7, 11) is 0. The number of rotatable bonds is 2. The minimum Gasteiger partial charge on any atom is -0.313 e. The van der Waals surface area contributed by atoms with E-state index in [4.69, 9.17) is 0 Å². The van der Waals surface area contributed by atoms with E-state index in [9.17, 15) is 8.78 Å². The van der Waals surface area contributed by atoms with Crippen molar-refractivity contribution < 1.29 is 8.78 Å². The summed E-state index contributed by atoms with van der Waals surface area (Å²) >= 11 is 0. The van der Waals surface area contributed by atoms with Crippen LogP contribution in [0.2, 0.25) is 0 Å². The molecule has 2 heterocycles. The topological polar surface area (TPSA) is 9.86 Å². The maximum absolute atomic E-state index is 14.2. The van der Waals surface area contributed by atoms with E-state index < -0.39 is 0 Å². The van der Waals surface area contributed by atoms with E-state index in [2.05, 4.69) is 39.5 Å². The first-order valence-electron chi connectivity index (χ1n) is 11.8. The van der Waals surface area contributed by atoms with Crippen LogP contribution in [0.3, 0.4) is 0 Å². The number of hydrogen-bond donors (Lipinski definition) is 0. The Kier molecular flexibility index (Phi) is 4.19. The van der Waals surface area contributed by atoms with E-state index in [0.717, 1.165) is 59.0 Å². The van der Waals surface area contributed by atoms with Crippen LogP contribution in [-0.4, -0.2) is 9.13 Å². The van der Waals surface area contributed by atoms with Crippen molar-refractivity contribution in [1.82, 2.24) is 9.13 Å². The lowest BCUT2D eigenvalue weighted by molar-refractivity contribution is 0.625. The molecule has 4 heteroatoms. The maximum Gasteiger partial charge on any atom is 0.125 e. The fourth-order valence-corrected chi connectivity index (χ4v) is 5.90. The Bertz CT molecular complexity index is 1740. The zero-order valence-corrected chi connectivity index (χ0v) is 18.6. The largest absolute Gasteiger partial charge is 0.313 e. The van der Waals surface area contributed by atoms with Gasteiger partial charge >= 0.3 is 0 Å². The van der Waals surface area contributed by atoms with Crippen LogP contribution in [0, 0.1) is 11.6 Å². The summed E-state index contributed by atoms with van der Waals surface area (Å²) < 4.78 is 32.8. The SMILES string of the molecule is Fc1cccc(-n2c3c(c4c5c6ccccc6n(-c6cccc(F)c6)c5ccc42)CCCC3)c1. The molecule has 0 N–H and O–H groups in total. The van der Waals surface area contributed by atoms with Crippen molar-refractivity contribution in [3.8, 4) is 11.4 Å². The zero-order chi connectivity index (χ0) is 22.8. The summed E-state index contributed by atoms with van der Waals surface area (Å²) in [6.45, 7) is 0. The summed E-state index contributed by atoms with van der Waals surface area (Å²) in [4.78, 5) is 0. The molecule has 0 bridgehead atoms. The molecule has 0 spiro atoms. The monoisotopic (exact) mass is 448 g/mol. The first-order chi connectivity index (χ1) is 16.7. The van der Waals surface area contributed by atoms with Crippen LogP contribution in [0.5, 0.6) is 0 Å². The Balaban J connectivity index is 1.67. The van der Waals surface area contributed by atoms with E-state index >= 15 is 0 Å². The highest BCUT2D eigenvalue weighted by atomic mass is 19.1. The van der Waals surface area contributed by atoms with Gasteiger partial charge in [0.1, 0.15) is 11.6 Å². The van der Waals surface area contributed by atoms with Gasteiger partial charge < -0.3 is 9.13 Å². The molecule has 0 fully saturated rings. The molecule has 0 aliphatic heterocycles. The van der Waals surface area contributed by atoms with Crippen LogP contribution >= 0.6 is 0 Å². The Hall–Kier alpha value is -3.92. The average molecular weight is 449 g/mol. The van der Waals surface area contributed by atoms with Gasteiger partial charge in [0.2, 0.25) is 0 Å². The highest BCUT2D eigenvalue weighted by molar-refractivity contribution is 6.22. The third-order valence-electron chi connectivity index (χ3n) is 7.20. The van der Waals surface area contributed by atoms with Gasteiger partial charge in [-0.25, -0.2) is 8.78 Å². The number of aromatic nitrogens is 2. The van der Waals surface area contributed by atoms with Crippen molar-refractivity contribution in [2.24, 2.45) is 0 Å². The maximum atomic E-state index is 14.2. The summed E-state index contributed by atoms with van der Waals surface area (Å²) in [5.41, 5.74) is 7.53. The van der Waals surface area contributed by atoms with Crippen LogP contribution < -0.4 is 0 Å². The molecule has 1 aliphatic rings. The average Bonchev–Trinajstić information content (AvgIpc) is 3.37. The van der Waals surface area contributed by atoms with Gasteiger partial charge in [-0.15, -0.1) is 0 Å². The molecular weight excluding hydrogens is 426 g/mol. The molecule has 0 atom stereocenters. The Morgan fingerprint density at radius 1 is 0.559 bits per heavy atom. The number of hydrogen-bond acceptors (Lipinski definition) is 0. The van der Waals surface area contributed by atoms with Crippen molar-refractivity contribution in [3.05, 3.63) is 108 Å². The molecule has 166 valence electrons. The van der Waals surface area contributed by atoms with Gasteiger partial charge in [-0.3, -0.25) is 0 Å². The number of aryl methyl sites for hydroxylation is 1. The molecule has 7 rings (SSSR count). The van der Waals surface area contributed by atoms with E-state index in [0.29, 0.717) is 0 Å². The predicted molar refractivity (Wildman–Crippen MR) is 134 cm³/mol. The van der Waals surface area contributed by atoms with E-state index in [1.54, 1.807) is 24.3 Å². The second-order valence-corrected chi connectivity index (χ2v) is 9.13. The van der Waals surface area contributed by atoms with Gasteiger partial charge in [0.05, 0.1) is 16.6 Å². The zero-order valence-electron chi connectivity index (χ0n) is 18.6. The van der Waals surface area contributed by atoms with Gasteiger partial charge in [-0.2, -0.15) is 0 Å². The minimum atomic E-state index is -0.251. The first-order valence-corrected chi connectivity index (χ1v) is 11.8. The molecule has 2 aromatic heterocycles. The van der Waals surface area contributed by atoms with Crippen molar-refractivity contribution >= 4 is 32.7 Å². The van der Waals surface area contributed by atoms with Crippen molar-refractivity contribution in [1.29, 1.82) is 0 Å². The number of nitrogens with zero attached hydrogens (tertiary/aromatic N) is 2. The molecule has 34 heavy (non-hydrogen) atoms. The predicted octanol–water partition coefficient (Wildman–Crippen LogP) is 7.88. The first kappa shape index (κ1) is 19.5. The van der Waals surface area contributed by atoms with Crippen LogP contribution in [0.25, 0.3) is 44.1 Å². The molecule has 0 saturated heterocycles. The number of fused-ring (bicyclic) bond motifs is 7. The lowest BCUT2D eigenvalue weighted by Crippen LogP contribution is -2.07. The molecule has 0 radical (unpaired) electrons. The quantitative estimate of drug-likeness (QED) is 0.255. The smallest absolute Gasteiger partial charge is 0.125 e. The van der Waals surface area contributed by atoms with Crippen LogP contribution in [0.1, 0.15) is 24.1 Å². The molecule has 0 unspecified atom stereocenters. The summed E-state index contributed by atoms with van der Waals surface area (Å²) in [5.74, 6) is -0.480. The minimum absolute atomic E-state index is 0.229. The molecule has 1 aliphatic carbocycles. The fourth-order valence-electron chi connectivity index (χ4n) is 5.90. The Morgan fingerprint density at radius 3 is 1.94 bits per heavy atom. The summed E-state index contributed by atoms with van der Waals surface area (Å²) in [6, 6.07) is 26.3. The van der Waals surface area contributed by atoms with E-state index in [1.165, 1.54) is 34.2 Å². The lowest BCUT2D eigenvalue weighted by Gasteiger charge is -2.16. The van der Waals surface area contributed by atoms with E-state index in [1.807, 2.05) is 18.2 Å². The second-order valence-electron chi connectivity index (χ2n) is 9.13. The summed E-state index contributed by atoms with van der Waals surface area (Å²) in [5, 5.41) is 3.57. The Morgan fingerprint density at radius 2 is 1.21 bits per heavy atom. The van der Waals surface area contributed by atoms with Crippen molar-refractivity contribution in [2.45, 2.75) is 25.7 Å². The lowest BCUT2D eigenvalue weighted by atomic mass is 9.94. The van der Waals surface area contributed by atoms with Crippen LogP contribution in [0.15, 0.2) is 84.9 Å². The highest BCUT2D eigenvalue weighted by Crippen LogP contribution is 2.43. The molecule has 2 nitrogen and oxygen atoms in total. The summed E-state index contributed by atoms with van der Waals surface area (Å²) in [6.07, 6.45) is 4.26. The van der Waals surface area contributed by atoms with Gasteiger partial charge in [0.15, 0.2) is 0 Å². The van der Waals surface area contributed by atoms with Crippen LogP contribution in [-0.2, 0) is 12.8 Å².